The Balaban J connectivity index is 2.31. The van der Waals surface area contributed by atoms with Crippen molar-refractivity contribution in [2.24, 2.45) is 0 Å². The summed E-state index contributed by atoms with van der Waals surface area (Å²) in [5.74, 6) is -2.16. The van der Waals surface area contributed by atoms with E-state index < -0.39 is 17.5 Å². The average Bonchev–Trinajstić information content (AvgIpc) is 2.43. The molecule has 0 aromatic heterocycles. The van der Waals surface area contributed by atoms with Gasteiger partial charge in [-0.15, -0.1) is 0 Å². The molecule has 0 bridgehead atoms. The van der Waals surface area contributed by atoms with Crippen LogP contribution < -0.4 is 10.6 Å². The SMILES string of the molecule is CNc1c(F)cc(C(=O)Nc2cccc(C)c2C)cc1F. The Morgan fingerprint density at radius 2 is 1.71 bits per heavy atom. The van der Waals surface area contributed by atoms with Crippen LogP contribution in [-0.2, 0) is 0 Å². The van der Waals surface area contributed by atoms with Gasteiger partial charge in [-0.1, -0.05) is 12.1 Å². The van der Waals surface area contributed by atoms with Crippen LogP contribution in [0.25, 0.3) is 0 Å². The Morgan fingerprint density at radius 3 is 2.29 bits per heavy atom. The first-order valence-corrected chi connectivity index (χ1v) is 6.48. The van der Waals surface area contributed by atoms with E-state index in [4.69, 9.17) is 0 Å². The fourth-order valence-corrected chi connectivity index (χ4v) is 2.02. The van der Waals surface area contributed by atoms with E-state index >= 15 is 0 Å². The highest BCUT2D eigenvalue weighted by molar-refractivity contribution is 6.05. The fraction of sp³-hybridized carbons (Fsp3) is 0.188. The van der Waals surface area contributed by atoms with Crippen molar-refractivity contribution >= 4 is 17.3 Å². The lowest BCUT2D eigenvalue weighted by Crippen LogP contribution is -2.14. The van der Waals surface area contributed by atoms with Gasteiger partial charge in [-0.05, 0) is 43.2 Å². The zero-order valence-corrected chi connectivity index (χ0v) is 12.1. The molecule has 0 aliphatic heterocycles. The van der Waals surface area contributed by atoms with Gasteiger partial charge in [-0.25, -0.2) is 8.78 Å². The number of aryl methyl sites for hydroxylation is 1. The molecule has 0 heterocycles. The molecule has 1 amide bonds. The van der Waals surface area contributed by atoms with Gasteiger partial charge in [-0.3, -0.25) is 4.79 Å². The van der Waals surface area contributed by atoms with Crippen molar-refractivity contribution in [1.82, 2.24) is 0 Å². The first-order valence-electron chi connectivity index (χ1n) is 6.48. The van der Waals surface area contributed by atoms with Crippen LogP contribution in [0.15, 0.2) is 30.3 Å². The summed E-state index contributed by atoms with van der Waals surface area (Å²) < 4.78 is 27.3. The van der Waals surface area contributed by atoms with Crippen LogP contribution in [0.4, 0.5) is 20.2 Å². The molecule has 110 valence electrons. The third-order valence-electron chi connectivity index (χ3n) is 3.41. The Morgan fingerprint density at radius 1 is 1.10 bits per heavy atom. The van der Waals surface area contributed by atoms with Crippen molar-refractivity contribution in [3.63, 3.8) is 0 Å². The number of rotatable bonds is 3. The van der Waals surface area contributed by atoms with E-state index in [0.29, 0.717) is 5.69 Å². The van der Waals surface area contributed by atoms with Crippen molar-refractivity contribution in [2.75, 3.05) is 17.7 Å². The van der Waals surface area contributed by atoms with Crippen LogP contribution in [0, 0.1) is 25.5 Å². The van der Waals surface area contributed by atoms with Gasteiger partial charge >= 0.3 is 0 Å². The van der Waals surface area contributed by atoms with Crippen LogP contribution in [-0.4, -0.2) is 13.0 Å². The maximum atomic E-state index is 13.7. The van der Waals surface area contributed by atoms with Gasteiger partial charge < -0.3 is 10.6 Å². The Labute approximate surface area is 122 Å². The highest BCUT2D eigenvalue weighted by atomic mass is 19.1. The minimum atomic E-state index is -0.802. The third kappa shape index (κ3) is 3.02. The minimum absolute atomic E-state index is 0.0649. The fourth-order valence-electron chi connectivity index (χ4n) is 2.02. The number of benzene rings is 2. The third-order valence-corrected chi connectivity index (χ3v) is 3.41. The second kappa shape index (κ2) is 5.91. The number of hydrogen-bond acceptors (Lipinski definition) is 2. The quantitative estimate of drug-likeness (QED) is 0.900. The molecule has 21 heavy (non-hydrogen) atoms. The van der Waals surface area contributed by atoms with E-state index in [1.807, 2.05) is 26.0 Å². The summed E-state index contributed by atoms with van der Waals surface area (Å²) in [7, 11) is 1.41. The predicted molar refractivity (Wildman–Crippen MR) is 79.8 cm³/mol. The second-order valence-corrected chi connectivity index (χ2v) is 4.77. The number of nitrogens with one attached hydrogen (secondary N) is 2. The summed E-state index contributed by atoms with van der Waals surface area (Å²) >= 11 is 0. The molecule has 2 aromatic rings. The molecule has 0 spiro atoms. The van der Waals surface area contributed by atoms with Crippen LogP contribution in [0.1, 0.15) is 21.5 Å². The normalized spacial score (nSPS) is 10.3. The van der Waals surface area contributed by atoms with E-state index in [2.05, 4.69) is 10.6 Å². The van der Waals surface area contributed by atoms with Gasteiger partial charge in [0.2, 0.25) is 0 Å². The molecule has 0 radical (unpaired) electrons. The predicted octanol–water partition coefficient (Wildman–Crippen LogP) is 3.88. The molecule has 0 fully saturated rings. The van der Waals surface area contributed by atoms with E-state index in [0.717, 1.165) is 23.3 Å². The highest BCUT2D eigenvalue weighted by Crippen LogP contribution is 2.22. The first-order chi connectivity index (χ1) is 9.93. The molecular formula is C16H16F2N2O. The Kier molecular flexibility index (Phi) is 4.21. The molecule has 0 saturated heterocycles. The lowest BCUT2D eigenvalue weighted by molar-refractivity contribution is 0.102. The van der Waals surface area contributed by atoms with E-state index in [1.54, 1.807) is 6.07 Å². The van der Waals surface area contributed by atoms with Gasteiger partial charge in [0.05, 0.1) is 0 Å². The maximum absolute atomic E-state index is 13.7. The minimum Gasteiger partial charge on any atom is -0.383 e. The van der Waals surface area contributed by atoms with Crippen molar-refractivity contribution in [3.05, 3.63) is 58.7 Å². The number of halogens is 2. The van der Waals surface area contributed by atoms with Crippen LogP contribution >= 0.6 is 0 Å². The Hall–Kier alpha value is -2.43. The summed E-state index contributed by atoms with van der Waals surface area (Å²) in [6.07, 6.45) is 0. The summed E-state index contributed by atoms with van der Waals surface area (Å²) in [5, 5.41) is 5.08. The second-order valence-electron chi connectivity index (χ2n) is 4.77. The average molecular weight is 290 g/mol. The molecule has 0 atom stereocenters. The number of amides is 1. The molecule has 0 aliphatic rings. The van der Waals surface area contributed by atoms with Crippen LogP contribution in [0.2, 0.25) is 0 Å². The number of hydrogen-bond donors (Lipinski definition) is 2. The molecule has 2 aromatic carbocycles. The molecule has 5 heteroatoms. The summed E-state index contributed by atoms with van der Waals surface area (Å²) in [4.78, 5) is 12.1. The number of carbonyl (C=O) groups excluding carboxylic acids is 1. The van der Waals surface area contributed by atoms with Crippen molar-refractivity contribution in [1.29, 1.82) is 0 Å². The molecule has 0 saturated carbocycles. The van der Waals surface area contributed by atoms with Gasteiger partial charge in [0, 0.05) is 18.3 Å². The maximum Gasteiger partial charge on any atom is 0.255 e. The zero-order valence-electron chi connectivity index (χ0n) is 12.1. The summed E-state index contributed by atoms with van der Waals surface area (Å²) in [6, 6.07) is 7.49. The van der Waals surface area contributed by atoms with Crippen LogP contribution in [0.5, 0.6) is 0 Å². The lowest BCUT2D eigenvalue weighted by Gasteiger charge is -2.11. The zero-order chi connectivity index (χ0) is 15.6. The standard InChI is InChI=1S/C16H16F2N2O/c1-9-5-4-6-14(10(9)2)20-16(21)11-7-12(17)15(19-3)13(18)8-11/h4-8,19H,1-3H3,(H,20,21). The van der Waals surface area contributed by atoms with Crippen molar-refractivity contribution < 1.29 is 13.6 Å². The molecule has 2 N–H and O–H groups in total. The topological polar surface area (TPSA) is 41.1 Å². The van der Waals surface area contributed by atoms with E-state index in [1.165, 1.54) is 7.05 Å². The van der Waals surface area contributed by atoms with E-state index in [-0.39, 0.29) is 11.3 Å². The number of carbonyl (C=O) groups is 1. The van der Waals surface area contributed by atoms with Gasteiger partial charge in [-0.2, -0.15) is 0 Å². The van der Waals surface area contributed by atoms with Crippen molar-refractivity contribution in [3.8, 4) is 0 Å². The summed E-state index contributed by atoms with van der Waals surface area (Å²) in [6.45, 7) is 3.79. The molecule has 0 unspecified atom stereocenters. The van der Waals surface area contributed by atoms with Crippen LogP contribution in [0.3, 0.4) is 0 Å². The molecular weight excluding hydrogens is 274 g/mol. The highest BCUT2D eigenvalue weighted by Gasteiger charge is 2.15. The lowest BCUT2D eigenvalue weighted by atomic mass is 10.1. The largest absolute Gasteiger partial charge is 0.383 e. The monoisotopic (exact) mass is 290 g/mol. The van der Waals surface area contributed by atoms with Crippen molar-refractivity contribution in [2.45, 2.75) is 13.8 Å². The van der Waals surface area contributed by atoms with Gasteiger partial charge in [0.25, 0.3) is 5.91 Å². The van der Waals surface area contributed by atoms with Gasteiger partial charge in [0.15, 0.2) is 0 Å². The molecule has 3 nitrogen and oxygen atoms in total. The smallest absolute Gasteiger partial charge is 0.255 e. The van der Waals surface area contributed by atoms with Gasteiger partial charge in [0.1, 0.15) is 17.3 Å². The molecule has 2 rings (SSSR count). The molecule has 0 aliphatic carbocycles. The summed E-state index contributed by atoms with van der Waals surface area (Å²) in [5.41, 5.74) is 2.25. The Bertz CT molecular complexity index is 676. The first kappa shape index (κ1) is 15.0. The van der Waals surface area contributed by atoms with E-state index in [9.17, 15) is 13.6 Å². The number of anilines is 2.